The first-order chi connectivity index (χ1) is 9.87. The van der Waals surface area contributed by atoms with Gasteiger partial charge in [0.2, 0.25) is 0 Å². The summed E-state index contributed by atoms with van der Waals surface area (Å²) < 4.78 is 11.5. The molecule has 0 fully saturated rings. The second-order valence-corrected chi connectivity index (χ2v) is 6.46. The molecule has 0 unspecified atom stereocenters. The lowest BCUT2D eigenvalue weighted by Gasteiger charge is -2.20. The average molecular weight is 287 g/mol. The number of ether oxygens (including phenoxy) is 1. The van der Waals surface area contributed by atoms with Crippen molar-refractivity contribution in [1.82, 2.24) is 5.32 Å². The summed E-state index contributed by atoms with van der Waals surface area (Å²) in [5.74, 6) is 1.80. The average Bonchev–Trinajstić information content (AvgIpc) is 2.85. The topological polar surface area (TPSA) is 34.4 Å². The fraction of sp³-hybridized carbons (Fsp3) is 0.444. The van der Waals surface area contributed by atoms with E-state index < -0.39 is 0 Å². The molecule has 21 heavy (non-hydrogen) atoms. The number of nitrogens with one attached hydrogen (secondary N) is 1. The fourth-order valence-electron chi connectivity index (χ4n) is 2.04. The van der Waals surface area contributed by atoms with Crippen molar-refractivity contribution in [2.24, 2.45) is 0 Å². The highest BCUT2D eigenvalue weighted by atomic mass is 16.5. The molecule has 0 radical (unpaired) electrons. The summed E-state index contributed by atoms with van der Waals surface area (Å²) >= 11 is 0. The molecule has 0 spiro atoms. The van der Waals surface area contributed by atoms with E-state index in [0.717, 1.165) is 23.6 Å². The van der Waals surface area contributed by atoms with Gasteiger partial charge in [0.1, 0.15) is 18.1 Å². The zero-order valence-corrected chi connectivity index (χ0v) is 13.6. The number of aryl methyl sites for hydroxylation is 1. The van der Waals surface area contributed by atoms with Crippen molar-refractivity contribution in [2.45, 2.75) is 53.3 Å². The molecule has 2 rings (SSSR count). The highest BCUT2D eigenvalue weighted by Crippen LogP contribution is 2.22. The zero-order valence-electron chi connectivity index (χ0n) is 13.6. The van der Waals surface area contributed by atoms with Gasteiger partial charge in [0.25, 0.3) is 0 Å². The molecule has 3 heteroatoms. The quantitative estimate of drug-likeness (QED) is 0.887. The maximum Gasteiger partial charge on any atom is 0.146 e. The molecule has 0 aliphatic heterocycles. The molecule has 1 heterocycles. The lowest BCUT2D eigenvalue weighted by atomic mass is 10.1. The van der Waals surface area contributed by atoms with Crippen LogP contribution in [0.25, 0.3) is 0 Å². The van der Waals surface area contributed by atoms with Crippen molar-refractivity contribution in [1.29, 1.82) is 0 Å². The summed E-state index contributed by atoms with van der Waals surface area (Å²) in [6, 6.07) is 8.11. The summed E-state index contributed by atoms with van der Waals surface area (Å²) in [6.45, 7) is 11.9. The van der Waals surface area contributed by atoms with Crippen molar-refractivity contribution in [3.63, 3.8) is 0 Å². The predicted molar refractivity (Wildman–Crippen MR) is 85.5 cm³/mol. The van der Waals surface area contributed by atoms with Gasteiger partial charge in [0, 0.05) is 17.6 Å². The van der Waals surface area contributed by atoms with E-state index >= 15 is 0 Å². The second kappa shape index (κ2) is 6.35. The monoisotopic (exact) mass is 287 g/mol. The van der Waals surface area contributed by atoms with Crippen LogP contribution in [-0.2, 0) is 13.2 Å². The van der Waals surface area contributed by atoms with E-state index in [1.165, 1.54) is 11.1 Å². The van der Waals surface area contributed by atoms with Crippen molar-refractivity contribution < 1.29 is 9.15 Å². The van der Waals surface area contributed by atoms with Crippen molar-refractivity contribution in [3.05, 3.63) is 53.0 Å². The molecule has 0 atom stereocenters. The Labute approximate surface area is 127 Å². The van der Waals surface area contributed by atoms with Gasteiger partial charge in [0.05, 0.1) is 6.26 Å². The predicted octanol–water partition coefficient (Wildman–Crippen LogP) is 4.36. The standard InChI is InChI=1S/C18H25NO2/c1-13-7-6-8-16(14(13)2)21-12-17-15(9-10-20-17)11-19-18(3,4)5/h6-10,19H,11-12H2,1-5H3. The molecule has 1 aromatic heterocycles. The van der Waals surface area contributed by atoms with Gasteiger partial charge >= 0.3 is 0 Å². The minimum absolute atomic E-state index is 0.0858. The number of furan rings is 1. The van der Waals surface area contributed by atoms with Gasteiger partial charge in [-0.2, -0.15) is 0 Å². The van der Waals surface area contributed by atoms with E-state index in [2.05, 4.69) is 46.0 Å². The van der Waals surface area contributed by atoms with E-state index in [1.807, 2.05) is 18.2 Å². The summed E-state index contributed by atoms with van der Waals surface area (Å²) in [7, 11) is 0. The van der Waals surface area contributed by atoms with Gasteiger partial charge in [-0.3, -0.25) is 0 Å². The molecule has 2 aromatic rings. The maximum atomic E-state index is 5.91. The van der Waals surface area contributed by atoms with Crippen LogP contribution in [0.5, 0.6) is 5.75 Å². The molecule has 0 aliphatic carbocycles. The smallest absolute Gasteiger partial charge is 0.146 e. The van der Waals surface area contributed by atoms with E-state index in [4.69, 9.17) is 9.15 Å². The first-order valence-corrected chi connectivity index (χ1v) is 7.36. The van der Waals surface area contributed by atoms with Crippen molar-refractivity contribution in [3.8, 4) is 5.75 Å². The second-order valence-electron chi connectivity index (χ2n) is 6.46. The Balaban J connectivity index is 2.01. The number of hydrogen-bond acceptors (Lipinski definition) is 3. The SMILES string of the molecule is Cc1cccc(OCc2occc2CNC(C)(C)C)c1C. The Hall–Kier alpha value is -1.74. The summed E-state index contributed by atoms with van der Waals surface area (Å²) in [5.41, 5.74) is 3.65. The normalized spacial score (nSPS) is 11.7. The van der Waals surface area contributed by atoms with Crippen LogP contribution in [0.4, 0.5) is 0 Å². The Morgan fingerprint density at radius 3 is 2.62 bits per heavy atom. The summed E-state index contributed by atoms with van der Waals surface area (Å²) in [6.07, 6.45) is 1.72. The van der Waals surface area contributed by atoms with Gasteiger partial charge in [-0.1, -0.05) is 12.1 Å². The third-order valence-corrected chi connectivity index (χ3v) is 3.56. The van der Waals surface area contributed by atoms with Gasteiger partial charge in [0.15, 0.2) is 0 Å². The molecule has 0 amide bonds. The Bertz CT molecular complexity index is 594. The molecule has 0 saturated heterocycles. The van der Waals surface area contributed by atoms with Crippen molar-refractivity contribution >= 4 is 0 Å². The Morgan fingerprint density at radius 1 is 1.14 bits per heavy atom. The van der Waals surface area contributed by atoms with Crippen LogP contribution in [0, 0.1) is 13.8 Å². The Kier molecular flexibility index (Phi) is 4.73. The van der Waals surface area contributed by atoms with Crippen LogP contribution in [0.15, 0.2) is 34.9 Å². The van der Waals surface area contributed by atoms with Gasteiger partial charge in [-0.25, -0.2) is 0 Å². The molecule has 0 bridgehead atoms. The molecule has 0 saturated carbocycles. The van der Waals surface area contributed by atoms with Crippen LogP contribution < -0.4 is 10.1 Å². The van der Waals surface area contributed by atoms with Gasteiger partial charge in [-0.05, 0) is 57.9 Å². The number of benzene rings is 1. The molecule has 1 aromatic carbocycles. The van der Waals surface area contributed by atoms with Gasteiger partial charge < -0.3 is 14.5 Å². The molecular formula is C18H25NO2. The first kappa shape index (κ1) is 15.6. The maximum absolute atomic E-state index is 5.91. The summed E-state index contributed by atoms with van der Waals surface area (Å²) in [5, 5.41) is 3.47. The van der Waals surface area contributed by atoms with Crippen LogP contribution in [-0.4, -0.2) is 5.54 Å². The molecule has 1 N–H and O–H groups in total. The van der Waals surface area contributed by atoms with Crippen LogP contribution >= 0.6 is 0 Å². The fourth-order valence-corrected chi connectivity index (χ4v) is 2.04. The largest absolute Gasteiger partial charge is 0.485 e. The minimum Gasteiger partial charge on any atom is -0.485 e. The molecule has 3 nitrogen and oxygen atoms in total. The lowest BCUT2D eigenvalue weighted by Crippen LogP contribution is -2.35. The van der Waals surface area contributed by atoms with Crippen LogP contribution in [0.2, 0.25) is 0 Å². The van der Waals surface area contributed by atoms with E-state index in [9.17, 15) is 0 Å². The highest BCUT2D eigenvalue weighted by Gasteiger charge is 2.13. The summed E-state index contributed by atoms with van der Waals surface area (Å²) in [4.78, 5) is 0. The lowest BCUT2D eigenvalue weighted by molar-refractivity contribution is 0.265. The van der Waals surface area contributed by atoms with Crippen LogP contribution in [0.1, 0.15) is 43.2 Å². The third kappa shape index (κ3) is 4.36. The Morgan fingerprint density at radius 2 is 1.90 bits per heavy atom. The number of hydrogen-bond donors (Lipinski definition) is 1. The van der Waals surface area contributed by atoms with Crippen LogP contribution in [0.3, 0.4) is 0 Å². The van der Waals surface area contributed by atoms with Crippen molar-refractivity contribution in [2.75, 3.05) is 0 Å². The first-order valence-electron chi connectivity index (χ1n) is 7.36. The highest BCUT2D eigenvalue weighted by molar-refractivity contribution is 5.38. The molecule has 114 valence electrons. The van der Waals surface area contributed by atoms with E-state index in [0.29, 0.717) is 6.61 Å². The molecule has 0 aliphatic rings. The minimum atomic E-state index is 0.0858. The number of rotatable bonds is 5. The zero-order chi connectivity index (χ0) is 15.5. The van der Waals surface area contributed by atoms with E-state index in [-0.39, 0.29) is 5.54 Å². The molecular weight excluding hydrogens is 262 g/mol. The van der Waals surface area contributed by atoms with Gasteiger partial charge in [-0.15, -0.1) is 0 Å². The van der Waals surface area contributed by atoms with E-state index in [1.54, 1.807) is 6.26 Å². The third-order valence-electron chi connectivity index (χ3n) is 3.56.